The summed E-state index contributed by atoms with van der Waals surface area (Å²) in [5, 5.41) is 3.03. The average Bonchev–Trinajstić information content (AvgIpc) is 2.69. The lowest BCUT2D eigenvalue weighted by molar-refractivity contribution is 0.0904. The van der Waals surface area contributed by atoms with Crippen LogP contribution in [0, 0.1) is 5.41 Å². The van der Waals surface area contributed by atoms with Crippen molar-refractivity contribution in [1.82, 2.24) is 15.3 Å². The minimum absolute atomic E-state index is 0.155. The number of hydrogen-bond donors (Lipinski definition) is 3. The minimum Gasteiger partial charge on any atom is -0.347 e. The number of carbonyl (C=O) groups is 1. The number of rotatable bonds is 3. The molecule has 1 unspecified atom stereocenters. The molecule has 1 aromatic rings. The second-order valence-corrected chi connectivity index (χ2v) is 5.34. The first kappa shape index (κ1) is 12.8. The Labute approximate surface area is 106 Å². The maximum atomic E-state index is 12.0. The van der Waals surface area contributed by atoms with Gasteiger partial charge in [-0.1, -0.05) is 20.3 Å². The first-order valence-corrected chi connectivity index (χ1v) is 6.12. The van der Waals surface area contributed by atoms with Crippen molar-refractivity contribution in [2.24, 2.45) is 11.3 Å². The third-order valence-corrected chi connectivity index (χ3v) is 3.59. The van der Waals surface area contributed by atoms with E-state index in [2.05, 4.69) is 34.6 Å². The molecule has 1 aromatic heterocycles. The fraction of sp³-hybridized carbons (Fsp3) is 0.583. The summed E-state index contributed by atoms with van der Waals surface area (Å²) in [5.41, 5.74) is 2.84. The van der Waals surface area contributed by atoms with Crippen LogP contribution >= 0.6 is 0 Å². The van der Waals surface area contributed by atoms with Crippen LogP contribution in [-0.4, -0.2) is 21.9 Å². The second-order valence-electron chi connectivity index (χ2n) is 5.34. The van der Waals surface area contributed by atoms with Crippen molar-refractivity contribution in [3.05, 3.63) is 18.1 Å². The Balaban J connectivity index is 2.03. The summed E-state index contributed by atoms with van der Waals surface area (Å²) in [6, 6.07) is 0.208. The highest BCUT2D eigenvalue weighted by Gasteiger charge is 2.35. The summed E-state index contributed by atoms with van der Waals surface area (Å²) >= 11 is 0. The lowest BCUT2D eigenvalue weighted by atomic mass is 9.87. The van der Waals surface area contributed by atoms with Crippen LogP contribution in [0.4, 0.5) is 5.82 Å². The van der Waals surface area contributed by atoms with Gasteiger partial charge in [0.1, 0.15) is 5.69 Å². The SMILES string of the molecule is CC1(C)CCCC1NC(=O)c1cnc(NN)cn1. The van der Waals surface area contributed by atoms with Gasteiger partial charge in [0, 0.05) is 6.04 Å². The normalized spacial score (nSPS) is 21.6. The molecule has 18 heavy (non-hydrogen) atoms. The van der Waals surface area contributed by atoms with E-state index >= 15 is 0 Å². The molecule has 98 valence electrons. The first-order chi connectivity index (χ1) is 8.53. The molecule has 1 aliphatic carbocycles. The van der Waals surface area contributed by atoms with Gasteiger partial charge in [-0.05, 0) is 18.3 Å². The highest BCUT2D eigenvalue weighted by Crippen LogP contribution is 2.37. The van der Waals surface area contributed by atoms with Crippen LogP contribution < -0.4 is 16.6 Å². The monoisotopic (exact) mass is 249 g/mol. The molecule has 0 spiro atoms. The predicted octanol–water partition coefficient (Wildman–Crippen LogP) is 1.07. The molecule has 6 nitrogen and oxygen atoms in total. The van der Waals surface area contributed by atoms with E-state index in [-0.39, 0.29) is 17.4 Å². The van der Waals surface area contributed by atoms with Crippen LogP contribution in [-0.2, 0) is 0 Å². The summed E-state index contributed by atoms with van der Waals surface area (Å²) in [6.45, 7) is 4.36. The minimum atomic E-state index is -0.175. The van der Waals surface area contributed by atoms with E-state index < -0.39 is 0 Å². The molecule has 0 aliphatic heterocycles. The number of amides is 1. The van der Waals surface area contributed by atoms with E-state index in [1.54, 1.807) is 0 Å². The highest BCUT2D eigenvalue weighted by molar-refractivity contribution is 5.92. The van der Waals surface area contributed by atoms with Crippen LogP contribution in [0.2, 0.25) is 0 Å². The summed E-state index contributed by atoms with van der Waals surface area (Å²) < 4.78 is 0. The zero-order valence-corrected chi connectivity index (χ0v) is 10.7. The number of hydrazine groups is 1. The summed E-state index contributed by atoms with van der Waals surface area (Å²) in [6.07, 6.45) is 6.18. The highest BCUT2D eigenvalue weighted by atomic mass is 16.2. The number of hydrogen-bond acceptors (Lipinski definition) is 5. The zero-order chi connectivity index (χ0) is 13.2. The Bertz CT molecular complexity index is 429. The molecule has 1 amide bonds. The van der Waals surface area contributed by atoms with Crippen LogP contribution in [0.25, 0.3) is 0 Å². The van der Waals surface area contributed by atoms with Gasteiger partial charge >= 0.3 is 0 Å². The van der Waals surface area contributed by atoms with Gasteiger partial charge in [0.2, 0.25) is 0 Å². The van der Waals surface area contributed by atoms with E-state index in [0.717, 1.165) is 19.3 Å². The first-order valence-electron chi connectivity index (χ1n) is 6.12. The molecule has 1 aliphatic rings. The smallest absolute Gasteiger partial charge is 0.271 e. The Morgan fingerprint density at radius 2 is 2.22 bits per heavy atom. The van der Waals surface area contributed by atoms with E-state index in [4.69, 9.17) is 5.84 Å². The molecule has 0 radical (unpaired) electrons. The van der Waals surface area contributed by atoms with Crippen molar-refractivity contribution in [2.75, 3.05) is 5.43 Å². The Morgan fingerprint density at radius 3 is 2.72 bits per heavy atom. The predicted molar refractivity (Wildman–Crippen MR) is 68.7 cm³/mol. The van der Waals surface area contributed by atoms with Gasteiger partial charge < -0.3 is 10.7 Å². The molecule has 1 heterocycles. The third kappa shape index (κ3) is 2.59. The van der Waals surface area contributed by atoms with E-state index in [9.17, 15) is 4.79 Å². The molecule has 2 rings (SSSR count). The number of nitrogen functional groups attached to an aromatic ring is 1. The molecular formula is C12H19N5O. The average molecular weight is 249 g/mol. The molecular weight excluding hydrogens is 230 g/mol. The quantitative estimate of drug-likeness (QED) is 0.550. The van der Waals surface area contributed by atoms with Crippen molar-refractivity contribution < 1.29 is 4.79 Å². The third-order valence-electron chi connectivity index (χ3n) is 3.59. The topological polar surface area (TPSA) is 92.9 Å². The van der Waals surface area contributed by atoms with Crippen LogP contribution in [0.3, 0.4) is 0 Å². The van der Waals surface area contributed by atoms with Gasteiger partial charge in [-0.2, -0.15) is 0 Å². The molecule has 0 aromatic carbocycles. The standard InChI is InChI=1S/C12H19N5O/c1-12(2)5-3-4-9(12)16-11(18)8-6-15-10(17-13)7-14-8/h6-7,9H,3-5,13H2,1-2H3,(H,15,17)(H,16,18). The summed E-state index contributed by atoms with van der Waals surface area (Å²) in [5.74, 6) is 5.45. The second kappa shape index (κ2) is 4.89. The number of anilines is 1. The van der Waals surface area contributed by atoms with Gasteiger partial charge in [0.25, 0.3) is 5.91 Å². The van der Waals surface area contributed by atoms with E-state index in [1.165, 1.54) is 12.4 Å². The number of nitrogens with two attached hydrogens (primary N) is 1. The van der Waals surface area contributed by atoms with Crippen molar-refractivity contribution >= 4 is 11.7 Å². The van der Waals surface area contributed by atoms with Crippen LogP contribution in [0.1, 0.15) is 43.6 Å². The largest absolute Gasteiger partial charge is 0.347 e. The fourth-order valence-electron chi connectivity index (χ4n) is 2.35. The van der Waals surface area contributed by atoms with Crippen LogP contribution in [0.5, 0.6) is 0 Å². The lowest BCUT2D eigenvalue weighted by Gasteiger charge is -2.27. The summed E-state index contributed by atoms with van der Waals surface area (Å²) in [7, 11) is 0. The summed E-state index contributed by atoms with van der Waals surface area (Å²) in [4.78, 5) is 20.0. The van der Waals surface area contributed by atoms with Crippen molar-refractivity contribution in [3.8, 4) is 0 Å². The molecule has 1 saturated carbocycles. The number of nitrogens with zero attached hydrogens (tertiary/aromatic N) is 2. The van der Waals surface area contributed by atoms with Crippen molar-refractivity contribution in [1.29, 1.82) is 0 Å². The fourth-order valence-corrected chi connectivity index (χ4v) is 2.35. The maximum Gasteiger partial charge on any atom is 0.271 e. The zero-order valence-electron chi connectivity index (χ0n) is 10.7. The lowest BCUT2D eigenvalue weighted by Crippen LogP contribution is -2.41. The van der Waals surface area contributed by atoms with Crippen molar-refractivity contribution in [3.63, 3.8) is 0 Å². The number of aromatic nitrogens is 2. The van der Waals surface area contributed by atoms with E-state index in [0.29, 0.717) is 11.5 Å². The molecule has 0 saturated heterocycles. The molecule has 1 atom stereocenters. The number of carbonyl (C=O) groups excluding carboxylic acids is 1. The number of nitrogens with one attached hydrogen (secondary N) is 2. The van der Waals surface area contributed by atoms with E-state index in [1.807, 2.05) is 0 Å². The van der Waals surface area contributed by atoms with Gasteiger partial charge in [0.05, 0.1) is 12.4 Å². The van der Waals surface area contributed by atoms with Crippen molar-refractivity contribution in [2.45, 2.75) is 39.2 Å². The van der Waals surface area contributed by atoms with Gasteiger partial charge in [-0.15, -0.1) is 0 Å². The maximum absolute atomic E-state index is 12.0. The Morgan fingerprint density at radius 1 is 1.44 bits per heavy atom. The van der Waals surface area contributed by atoms with Crippen LogP contribution in [0.15, 0.2) is 12.4 Å². The van der Waals surface area contributed by atoms with Gasteiger partial charge in [0.15, 0.2) is 5.82 Å². The molecule has 6 heteroatoms. The molecule has 0 bridgehead atoms. The Hall–Kier alpha value is -1.69. The molecule has 4 N–H and O–H groups in total. The molecule has 1 fully saturated rings. The van der Waals surface area contributed by atoms with Gasteiger partial charge in [-0.3, -0.25) is 4.79 Å². The Kier molecular flexibility index (Phi) is 3.47. The van der Waals surface area contributed by atoms with Gasteiger partial charge in [-0.25, -0.2) is 15.8 Å².